The summed E-state index contributed by atoms with van der Waals surface area (Å²) < 4.78 is 11.0. The highest BCUT2D eigenvalue weighted by Crippen LogP contribution is 2.28. The maximum atomic E-state index is 9.87. The Labute approximate surface area is 127 Å². The molecule has 0 aromatic carbocycles. The number of aliphatic imine (C=N–C) groups is 1. The van der Waals surface area contributed by atoms with E-state index in [2.05, 4.69) is 15.6 Å². The van der Waals surface area contributed by atoms with Gasteiger partial charge in [0.05, 0.1) is 25.4 Å². The van der Waals surface area contributed by atoms with Gasteiger partial charge >= 0.3 is 0 Å². The Bertz CT molecular complexity index is 315. The number of hydrogen-bond acceptors (Lipinski definition) is 4. The molecule has 2 rings (SSSR count). The Morgan fingerprint density at radius 3 is 2.90 bits per heavy atom. The number of guanidine groups is 1. The van der Waals surface area contributed by atoms with E-state index in [-0.39, 0.29) is 6.10 Å². The Morgan fingerprint density at radius 1 is 1.38 bits per heavy atom. The van der Waals surface area contributed by atoms with Crippen molar-refractivity contribution in [2.24, 2.45) is 10.9 Å². The van der Waals surface area contributed by atoms with Crippen LogP contribution in [0.1, 0.15) is 32.6 Å². The average molecular weight is 299 g/mol. The molecule has 6 nitrogen and oxygen atoms in total. The Morgan fingerprint density at radius 2 is 2.24 bits per heavy atom. The predicted octanol–water partition coefficient (Wildman–Crippen LogP) is 0.508. The molecule has 0 bridgehead atoms. The highest BCUT2D eigenvalue weighted by atomic mass is 16.5. The third-order valence-electron chi connectivity index (χ3n) is 3.69. The third kappa shape index (κ3) is 7.11. The molecule has 1 saturated carbocycles. The van der Waals surface area contributed by atoms with Crippen molar-refractivity contribution in [2.75, 3.05) is 39.5 Å². The number of rotatable bonds is 9. The van der Waals surface area contributed by atoms with E-state index < -0.39 is 6.10 Å². The van der Waals surface area contributed by atoms with Crippen LogP contribution in [0.5, 0.6) is 0 Å². The van der Waals surface area contributed by atoms with Crippen LogP contribution in [-0.2, 0) is 9.47 Å². The van der Waals surface area contributed by atoms with Crippen molar-refractivity contribution in [3.05, 3.63) is 0 Å². The monoisotopic (exact) mass is 299 g/mol. The summed E-state index contributed by atoms with van der Waals surface area (Å²) in [5.41, 5.74) is 0. The molecule has 0 aromatic rings. The second kappa shape index (κ2) is 9.23. The molecule has 2 atom stereocenters. The van der Waals surface area contributed by atoms with Crippen LogP contribution in [0.25, 0.3) is 0 Å². The van der Waals surface area contributed by atoms with E-state index in [0.717, 1.165) is 51.0 Å². The first-order chi connectivity index (χ1) is 10.3. The van der Waals surface area contributed by atoms with Gasteiger partial charge in [-0.3, -0.25) is 4.99 Å². The molecule has 2 fully saturated rings. The fourth-order valence-electron chi connectivity index (χ4n) is 2.26. The molecule has 1 aliphatic heterocycles. The van der Waals surface area contributed by atoms with Crippen LogP contribution in [0, 0.1) is 5.92 Å². The van der Waals surface area contributed by atoms with E-state index in [1.165, 1.54) is 12.8 Å². The fourth-order valence-corrected chi connectivity index (χ4v) is 2.26. The minimum Gasteiger partial charge on any atom is -0.389 e. The molecule has 122 valence electrons. The average Bonchev–Trinajstić information content (AvgIpc) is 3.15. The molecule has 0 spiro atoms. The molecule has 1 saturated heterocycles. The second-order valence-corrected chi connectivity index (χ2v) is 5.87. The minimum absolute atomic E-state index is 0.278. The lowest BCUT2D eigenvalue weighted by molar-refractivity contribution is 0.0368. The summed E-state index contributed by atoms with van der Waals surface area (Å²) in [7, 11) is 0. The molecule has 3 N–H and O–H groups in total. The predicted molar refractivity (Wildman–Crippen MR) is 82.5 cm³/mol. The first-order valence-corrected chi connectivity index (χ1v) is 8.17. The second-order valence-electron chi connectivity index (χ2n) is 5.87. The summed E-state index contributed by atoms with van der Waals surface area (Å²) in [6.07, 6.45) is 4.52. The molecule has 21 heavy (non-hydrogen) atoms. The van der Waals surface area contributed by atoms with Crippen LogP contribution in [0.15, 0.2) is 4.99 Å². The van der Waals surface area contributed by atoms with E-state index in [1.807, 2.05) is 6.92 Å². The van der Waals surface area contributed by atoms with E-state index in [0.29, 0.717) is 13.2 Å². The van der Waals surface area contributed by atoms with Crippen LogP contribution in [0.4, 0.5) is 0 Å². The van der Waals surface area contributed by atoms with Crippen molar-refractivity contribution in [1.29, 1.82) is 0 Å². The van der Waals surface area contributed by atoms with Crippen LogP contribution >= 0.6 is 0 Å². The highest BCUT2D eigenvalue weighted by Gasteiger charge is 2.21. The van der Waals surface area contributed by atoms with Crippen molar-refractivity contribution >= 4 is 5.96 Å². The zero-order valence-electron chi connectivity index (χ0n) is 13.0. The quantitative estimate of drug-likeness (QED) is 0.427. The van der Waals surface area contributed by atoms with E-state index in [1.54, 1.807) is 0 Å². The molecule has 6 heteroatoms. The van der Waals surface area contributed by atoms with Crippen LogP contribution < -0.4 is 10.6 Å². The fraction of sp³-hybridized carbons (Fsp3) is 0.933. The molecule has 0 aromatic heterocycles. The first-order valence-electron chi connectivity index (χ1n) is 8.17. The van der Waals surface area contributed by atoms with Gasteiger partial charge in [-0.2, -0.15) is 0 Å². The number of nitrogens with one attached hydrogen (secondary N) is 2. The summed E-state index contributed by atoms with van der Waals surface area (Å²) in [6, 6.07) is 0. The van der Waals surface area contributed by atoms with Gasteiger partial charge in [0.25, 0.3) is 0 Å². The molecular formula is C15H29N3O3. The van der Waals surface area contributed by atoms with Crippen molar-refractivity contribution in [3.8, 4) is 0 Å². The van der Waals surface area contributed by atoms with Gasteiger partial charge in [0.1, 0.15) is 0 Å². The molecule has 0 amide bonds. The first kappa shape index (κ1) is 16.5. The van der Waals surface area contributed by atoms with Crippen molar-refractivity contribution in [3.63, 3.8) is 0 Å². The van der Waals surface area contributed by atoms with Crippen molar-refractivity contribution in [1.82, 2.24) is 10.6 Å². The lowest BCUT2D eigenvalue weighted by Gasteiger charge is -2.15. The summed E-state index contributed by atoms with van der Waals surface area (Å²) >= 11 is 0. The minimum atomic E-state index is -0.540. The molecule has 1 heterocycles. The highest BCUT2D eigenvalue weighted by molar-refractivity contribution is 5.79. The van der Waals surface area contributed by atoms with Gasteiger partial charge in [-0.25, -0.2) is 0 Å². The summed E-state index contributed by atoms with van der Waals surface area (Å²) in [4.78, 5) is 4.40. The van der Waals surface area contributed by atoms with Gasteiger partial charge in [0.15, 0.2) is 5.96 Å². The summed E-state index contributed by atoms with van der Waals surface area (Å²) in [6.45, 7) is 5.94. The molecule has 2 aliphatic rings. The van der Waals surface area contributed by atoms with Gasteiger partial charge in [-0.15, -0.1) is 0 Å². The van der Waals surface area contributed by atoms with Gasteiger partial charge in [-0.1, -0.05) is 0 Å². The van der Waals surface area contributed by atoms with E-state index >= 15 is 0 Å². The van der Waals surface area contributed by atoms with Gasteiger partial charge in [0, 0.05) is 26.3 Å². The largest absolute Gasteiger partial charge is 0.389 e. The van der Waals surface area contributed by atoms with Crippen molar-refractivity contribution < 1.29 is 14.6 Å². The number of aliphatic hydroxyl groups is 1. The number of nitrogens with zero attached hydrogens (tertiary/aromatic N) is 1. The smallest absolute Gasteiger partial charge is 0.191 e. The third-order valence-corrected chi connectivity index (χ3v) is 3.69. The molecule has 1 aliphatic carbocycles. The normalized spacial score (nSPS) is 24.1. The SMILES string of the molecule is CCNC(=NCC(O)COCC1CC1)NCC1CCCO1. The lowest BCUT2D eigenvalue weighted by Crippen LogP contribution is -2.41. The van der Waals surface area contributed by atoms with Crippen molar-refractivity contribution in [2.45, 2.75) is 44.8 Å². The van der Waals surface area contributed by atoms with Gasteiger partial charge < -0.3 is 25.2 Å². The zero-order chi connectivity index (χ0) is 14.9. The topological polar surface area (TPSA) is 75.1 Å². The van der Waals surface area contributed by atoms with Crippen LogP contribution in [-0.4, -0.2) is 62.7 Å². The summed E-state index contributed by atoms with van der Waals surface area (Å²) in [5, 5.41) is 16.3. The van der Waals surface area contributed by atoms with Crippen LogP contribution in [0.2, 0.25) is 0 Å². The maximum Gasteiger partial charge on any atom is 0.191 e. The molecule has 2 unspecified atom stereocenters. The maximum absolute atomic E-state index is 9.87. The standard InChI is InChI=1S/C15H29N3O3/c1-2-16-15(18-9-14-4-3-7-21-14)17-8-13(19)11-20-10-12-5-6-12/h12-14,19H,2-11H2,1H3,(H2,16,17,18). The number of hydrogen-bond donors (Lipinski definition) is 3. The Kier molecular flexibility index (Phi) is 7.26. The lowest BCUT2D eigenvalue weighted by atomic mass is 10.2. The Hall–Kier alpha value is -0.850. The summed E-state index contributed by atoms with van der Waals surface area (Å²) in [5.74, 6) is 1.46. The number of aliphatic hydroxyl groups excluding tert-OH is 1. The van der Waals surface area contributed by atoms with E-state index in [9.17, 15) is 5.11 Å². The van der Waals surface area contributed by atoms with Gasteiger partial charge in [-0.05, 0) is 38.5 Å². The molecule has 0 radical (unpaired) electrons. The zero-order valence-corrected chi connectivity index (χ0v) is 13.0. The molecular weight excluding hydrogens is 270 g/mol. The number of ether oxygens (including phenoxy) is 2. The van der Waals surface area contributed by atoms with Gasteiger partial charge in [0.2, 0.25) is 0 Å². The van der Waals surface area contributed by atoms with Crippen LogP contribution in [0.3, 0.4) is 0 Å². The van der Waals surface area contributed by atoms with E-state index in [4.69, 9.17) is 9.47 Å². The Balaban J connectivity index is 1.62.